The van der Waals surface area contributed by atoms with Crippen molar-refractivity contribution < 1.29 is 27.8 Å². The molecule has 0 saturated heterocycles. The first kappa shape index (κ1) is 11.3. The highest BCUT2D eigenvalue weighted by Gasteiger charge is 2.33. The van der Waals surface area contributed by atoms with Crippen molar-refractivity contribution in [1.82, 2.24) is 4.57 Å². The van der Waals surface area contributed by atoms with E-state index in [1.807, 2.05) is 0 Å². The van der Waals surface area contributed by atoms with Crippen LogP contribution in [0.15, 0.2) is 30.3 Å². The number of hydrogen-bond acceptors (Lipinski definition) is 2. The Labute approximate surface area is 92.8 Å². The second-order valence-electron chi connectivity index (χ2n) is 3.21. The topological polar surface area (TPSA) is 51.5 Å². The standard InChI is InChI=1S/C10H6F3NO3/c11-10(12,13)17-8-5-6-3-1-2-4-7(6)14(8)9(15)16/h1-5H,(H,15,16). The largest absolute Gasteiger partial charge is 0.574 e. The fourth-order valence-corrected chi connectivity index (χ4v) is 1.52. The summed E-state index contributed by atoms with van der Waals surface area (Å²) in [6.45, 7) is 0. The van der Waals surface area contributed by atoms with Gasteiger partial charge in [0, 0.05) is 11.5 Å². The van der Waals surface area contributed by atoms with Crippen LogP contribution in [0.4, 0.5) is 18.0 Å². The van der Waals surface area contributed by atoms with E-state index in [4.69, 9.17) is 5.11 Å². The molecule has 1 heterocycles. The zero-order valence-electron chi connectivity index (χ0n) is 8.23. The van der Waals surface area contributed by atoms with Crippen molar-refractivity contribution in [3.63, 3.8) is 0 Å². The van der Waals surface area contributed by atoms with Crippen LogP contribution >= 0.6 is 0 Å². The van der Waals surface area contributed by atoms with Gasteiger partial charge in [-0.2, -0.15) is 0 Å². The number of carbonyl (C=O) groups is 1. The molecule has 0 aliphatic rings. The van der Waals surface area contributed by atoms with E-state index in [1.165, 1.54) is 18.2 Å². The molecule has 0 aliphatic heterocycles. The molecule has 0 amide bonds. The number of hydrogen-bond donors (Lipinski definition) is 1. The van der Waals surface area contributed by atoms with E-state index in [1.54, 1.807) is 6.07 Å². The molecule has 1 aromatic heterocycles. The maximum atomic E-state index is 12.1. The normalized spacial score (nSPS) is 11.7. The number of ether oxygens (including phenoxy) is 1. The van der Waals surface area contributed by atoms with Gasteiger partial charge in [-0.3, -0.25) is 0 Å². The van der Waals surface area contributed by atoms with Gasteiger partial charge in [0.05, 0.1) is 5.52 Å². The van der Waals surface area contributed by atoms with E-state index < -0.39 is 18.3 Å². The smallest absolute Gasteiger partial charge is 0.464 e. The Bertz CT molecular complexity index is 574. The van der Waals surface area contributed by atoms with Crippen LogP contribution in [0.5, 0.6) is 5.88 Å². The Balaban J connectivity index is 2.62. The van der Waals surface area contributed by atoms with Crippen LogP contribution in [0.2, 0.25) is 0 Å². The Kier molecular flexibility index (Phi) is 2.45. The van der Waals surface area contributed by atoms with Crippen LogP contribution in [0.25, 0.3) is 10.9 Å². The molecule has 0 bridgehead atoms. The van der Waals surface area contributed by atoms with Crippen LogP contribution in [-0.2, 0) is 0 Å². The highest BCUT2D eigenvalue weighted by molar-refractivity contribution is 5.91. The molecule has 0 unspecified atom stereocenters. The van der Waals surface area contributed by atoms with Gasteiger partial charge in [-0.15, -0.1) is 13.2 Å². The van der Waals surface area contributed by atoms with Crippen molar-refractivity contribution >= 4 is 17.0 Å². The molecule has 0 fully saturated rings. The van der Waals surface area contributed by atoms with Crippen molar-refractivity contribution in [1.29, 1.82) is 0 Å². The number of aromatic nitrogens is 1. The van der Waals surface area contributed by atoms with Gasteiger partial charge in [-0.1, -0.05) is 18.2 Å². The fraction of sp³-hybridized carbons (Fsp3) is 0.100. The van der Waals surface area contributed by atoms with E-state index in [9.17, 15) is 18.0 Å². The maximum Gasteiger partial charge on any atom is 0.574 e. The molecule has 4 nitrogen and oxygen atoms in total. The Morgan fingerprint density at radius 3 is 2.53 bits per heavy atom. The molecule has 1 N–H and O–H groups in total. The van der Waals surface area contributed by atoms with E-state index in [2.05, 4.69) is 4.74 Å². The molecule has 0 spiro atoms. The van der Waals surface area contributed by atoms with E-state index in [0.717, 1.165) is 6.07 Å². The average molecular weight is 245 g/mol. The lowest BCUT2D eigenvalue weighted by atomic mass is 10.2. The van der Waals surface area contributed by atoms with E-state index in [-0.39, 0.29) is 5.52 Å². The molecule has 0 atom stereocenters. The van der Waals surface area contributed by atoms with Gasteiger partial charge in [0.2, 0.25) is 5.88 Å². The van der Waals surface area contributed by atoms with Crippen molar-refractivity contribution in [2.45, 2.75) is 6.36 Å². The monoisotopic (exact) mass is 245 g/mol. The van der Waals surface area contributed by atoms with E-state index >= 15 is 0 Å². The summed E-state index contributed by atoms with van der Waals surface area (Å²) in [4.78, 5) is 10.9. The average Bonchev–Trinajstić information content (AvgIpc) is 2.51. The fourth-order valence-electron chi connectivity index (χ4n) is 1.52. The quantitative estimate of drug-likeness (QED) is 0.839. The van der Waals surface area contributed by atoms with E-state index in [0.29, 0.717) is 9.95 Å². The maximum absolute atomic E-state index is 12.1. The summed E-state index contributed by atoms with van der Waals surface area (Å²) in [5.74, 6) is -0.772. The van der Waals surface area contributed by atoms with Gasteiger partial charge < -0.3 is 9.84 Å². The third-order valence-corrected chi connectivity index (χ3v) is 2.09. The number of nitrogens with zero attached hydrogens (tertiary/aromatic N) is 1. The van der Waals surface area contributed by atoms with Crippen molar-refractivity contribution in [3.8, 4) is 5.88 Å². The number of carboxylic acid groups (broad SMARTS) is 1. The summed E-state index contributed by atoms with van der Waals surface area (Å²) in [5, 5.41) is 9.22. The third-order valence-electron chi connectivity index (χ3n) is 2.09. The number of rotatable bonds is 1. The lowest BCUT2D eigenvalue weighted by molar-refractivity contribution is -0.276. The zero-order chi connectivity index (χ0) is 12.6. The van der Waals surface area contributed by atoms with Crippen LogP contribution < -0.4 is 4.74 Å². The van der Waals surface area contributed by atoms with Crippen LogP contribution in [0, 0.1) is 0 Å². The molecule has 0 radical (unpaired) electrons. The van der Waals surface area contributed by atoms with Crippen molar-refractivity contribution in [2.75, 3.05) is 0 Å². The molecule has 1 aromatic carbocycles. The first-order valence-corrected chi connectivity index (χ1v) is 4.48. The minimum Gasteiger partial charge on any atom is -0.464 e. The van der Waals surface area contributed by atoms with Crippen molar-refractivity contribution in [3.05, 3.63) is 30.3 Å². The zero-order valence-corrected chi connectivity index (χ0v) is 8.23. The minimum atomic E-state index is -4.93. The summed E-state index contributed by atoms with van der Waals surface area (Å²) in [7, 11) is 0. The predicted molar refractivity (Wildman–Crippen MR) is 52.0 cm³/mol. The summed E-state index contributed by atoms with van der Waals surface area (Å²) < 4.78 is 40.4. The Morgan fingerprint density at radius 2 is 1.94 bits per heavy atom. The number of benzene rings is 1. The third kappa shape index (κ3) is 2.17. The second-order valence-corrected chi connectivity index (χ2v) is 3.21. The number of para-hydroxylation sites is 1. The first-order valence-electron chi connectivity index (χ1n) is 4.48. The Morgan fingerprint density at radius 1 is 1.29 bits per heavy atom. The van der Waals surface area contributed by atoms with Gasteiger partial charge in [0.1, 0.15) is 0 Å². The van der Waals surface area contributed by atoms with Gasteiger partial charge >= 0.3 is 12.5 Å². The first-order chi connectivity index (χ1) is 7.88. The molecule has 90 valence electrons. The highest BCUT2D eigenvalue weighted by Crippen LogP contribution is 2.29. The number of alkyl halides is 3. The number of fused-ring (bicyclic) bond motifs is 1. The van der Waals surface area contributed by atoms with Gasteiger partial charge in [-0.05, 0) is 6.07 Å². The number of halogens is 3. The highest BCUT2D eigenvalue weighted by atomic mass is 19.4. The summed E-state index contributed by atoms with van der Waals surface area (Å²) >= 11 is 0. The van der Waals surface area contributed by atoms with Gasteiger partial charge in [0.25, 0.3) is 0 Å². The Hall–Kier alpha value is -2.18. The van der Waals surface area contributed by atoms with Gasteiger partial charge in [0.15, 0.2) is 0 Å². The minimum absolute atomic E-state index is 0.138. The van der Waals surface area contributed by atoms with Crippen LogP contribution in [0.1, 0.15) is 0 Å². The molecule has 17 heavy (non-hydrogen) atoms. The molecular formula is C10H6F3NO3. The SMILES string of the molecule is O=C(O)n1c(OC(F)(F)F)cc2ccccc21. The van der Waals surface area contributed by atoms with Crippen LogP contribution in [-0.4, -0.2) is 22.1 Å². The summed E-state index contributed by atoms with van der Waals surface area (Å²) in [6, 6.07) is 7.03. The van der Waals surface area contributed by atoms with Crippen molar-refractivity contribution in [2.24, 2.45) is 0 Å². The summed E-state index contributed by atoms with van der Waals surface area (Å²) in [6.07, 6.45) is -6.47. The summed E-state index contributed by atoms with van der Waals surface area (Å²) in [5.41, 5.74) is 0.138. The lowest BCUT2D eigenvalue weighted by Gasteiger charge is -2.09. The molecule has 7 heteroatoms. The molecule has 0 saturated carbocycles. The van der Waals surface area contributed by atoms with Crippen LogP contribution in [0.3, 0.4) is 0 Å². The molecule has 2 rings (SSSR count). The lowest BCUT2D eigenvalue weighted by Crippen LogP contribution is -2.21. The molecular weight excluding hydrogens is 239 g/mol. The second kappa shape index (κ2) is 3.69. The van der Waals surface area contributed by atoms with Gasteiger partial charge in [-0.25, -0.2) is 9.36 Å². The predicted octanol–water partition coefficient (Wildman–Crippen LogP) is 3.07. The molecule has 2 aromatic rings. The molecule has 0 aliphatic carbocycles.